The molecule has 0 aliphatic carbocycles. The Hall–Kier alpha value is -3.46. The number of amides is 1. The zero-order valence-corrected chi connectivity index (χ0v) is 19.0. The molecular formula is C22H18ClF5N4O3. The van der Waals surface area contributed by atoms with Crippen molar-refractivity contribution in [2.75, 3.05) is 0 Å². The van der Waals surface area contributed by atoms with Gasteiger partial charge in [0.15, 0.2) is 5.69 Å². The minimum atomic E-state index is -5.06. The Labute approximate surface area is 200 Å². The standard InChI is InChI=1S/C22H18ClF5N4O3/c1-10-11(2)31-20(33)16(19(24)25)5-13(10)8-32-9-30-18(22(26,27)28)17(21(32)34)35-15-4-12(7-29)3-14(23)6-15/h3-6,9-11,13,19H,8H2,1-2H3,(H,31,33). The number of halogens is 6. The highest BCUT2D eigenvalue weighted by Gasteiger charge is 2.39. The molecule has 0 spiro atoms. The summed E-state index contributed by atoms with van der Waals surface area (Å²) < 4.78 is 73.6. The van der Waals surface area contributed by atoms with Crippen LogP contribution in [0.4, 0.5) is 22.0 Å². The van der Waals surface area contributed by atoms with Crippen LogP contribution < -0.4 is 15.6 Å². The van der Waals surface area contributed by atoms with Crippen LogP contribution in [-0.2, 0) is 17.5 Å². The Morgan fingerprint density at radius 1 is 1.26 bits per heavy atom. The third-order valence-corrected chi connectivity index (χ3v) is 5.82. The van der Waals surface area contributed by atoms with Gasteiger partial charge in [-0.05, 0) is 31.0 Å². The minimum absolute atomic E-state index is 0.0140. The highest BCUT2D eigenvalue weighted by Crippen LogP contribution is 2.35. The Morgan fingerprint density at radius 3 is 2.54 bits per heavy atom. The van der Waals surface area contributed by atoms with Crippen molar-refractivity contribution in [3.63, 3.8) is 0 Å². The molecule has 1 aliphatic heterocycles. The first kappa shape index (κ1) is 26.2. The highest BCUT2D eigenvalue weighted by molar-refractivity contribution is 6.30. The molecule has 186 valence electrons. The lowest BCUT2D eigenvalue weighted by Crippen LogP contribution is -2.39. The zero-order chi connectivity index (χ0) is 26.1. The number of hydrogen-bond acceptors (Lipinski definition) is 5. The fourth-order valence-electron chi connectivity index (χ4n) is 3.57. The summed E-state index contributed by atoms with van der Waals surface area (Å²) >= 11 is 5.87. The van der Waals surface area contributed by atoms with Gasteiger partial charge in [-0.1, -0.05) is 24.6 Å². The summed E-state index contributed by atoms with van der Waals surface area (Å²) in [6.07, 6.45) is -6.49. The van der Waals surface area contributed by atoms with Crippen molar-refractivity contribution in [3.8, 4) is 17.6 Å². The number of nitrogens with one attached hydrogen (secondary N) is 1. The maximum Gasteiger partial charge on any atom is 0.437 e. The smallest absolute Gasteiger partial charge is 0.437 e. The van der Waals surface area contributed by atoms with Crippen LogP contribution in [0.25, 0.3) is 0 Å². The van der Waals surface area contributed by atoms with E-state index in [1.807, 2.05) is 0 Å². The first-order valence-electron chi connectivity index (χ1n) is 10.2. The first-order valence-corrected chi connectivity index (χ1v) is 10.6. The lowest BCUT2D eigenvalue weighted by atomic mass is 9.88. The Morgan fingerprint density at radius 2 is 1.94 bits per heavy atom. The average molecular weight is 517 g/mol. The Balaban J connectivity index is 2.09. The maximum absolute atomic E-state index is 13.6. The molecule has 0 fully saturated rings. The van der Waals surface area contributed by atoms with Gasteiger partial charge in [-0.2, -0.15) is 18.4 Å². The van der Waals surface area contributed by atoms with Crippen molar-refractivity contribution in [2.45, 2.75) is 39.0 Å². The number of ether oxygens (including phenoxy) is 1. The van der Waals surface area contributed by atoms with Gasteiger partial charge < -0.3 is 10.1 Å². The van der Waals surface area contributed by atoms with E-state index in [0.717, 1.165) is 22.8 Å². The second-order valence-electron chi connectivity index (χ2n) is 7.97. The highest BCUT2D eigenvalue weighted by atomic mass is 35.5. The fourth-order valence-corrected chi connectivity index (χ4v) is 3.79. The van der Waals surface area contributed by atoms with E-state index in [-0.39, 0.29) is 22.9 Å². The number of carbonyl (C=O) groups excluding carboxylic acids is 1. The summed E-state index contributed by atoms with van der Waals surface area (Å²) in [5.41, 5.74) is -3.66. The van der Waals surface area contributed by atoms with Crippen LogP contribution >= 0.6 is 11.6 Å². The lowest BCUT2D eigenvalue weighted by molar-refractivity contribution is -0.142. The minimum Gasteiger partial charge on any atom is -0.449 e. The number of nitriles is 1. The third-order valence-electron chi connectivity index (χ3n) is 5.61. The second kappa shape index (κ2) is 10.0. The number of hydrogen-bond donors (Lipinski definition) is 1. The molecule has 35 heavy (non-hydrogen) atoms. The quantitative estimate of drug-likeness (QED) is 0.588. The van der Waals surface area contributed by atoms with E-state index in [1.54, 1.807) is 19.9 Å². The van der Waals surface area contributed by atoms with Crippen molar-refractivity contribution >= 4 is 17.5 Å². The van der Waals surface area contributed by atoms with Gasteiger partial charge in [0, 0.05) is 23.5 Å². The largest absolute Gasteiger partial charge is 0.449 e. The van der Waals surface area contributed by atoms with E-state index < -0.39 is 59.0 Å². The Kier molecular flexibility index (Phi) is 7.50. The van der Waals surface area contributed by atoms with Gasteiger partial charge in [0.1, 0.15) is 5.75 Å². The molecule has 3 unspecified atom stereocenters. The summed E-state index contributed by atoms with van der Waals surface area (Å²) in [7, 11) is 0. The summed E-state index contributed by atoms with van der Waals surface area (Å²) in [4.78, 5) is 28.4. The molecule has 2 aromatic rings. The SMILES string of the molecule is CC1NC(=O)C(C(F)F)=CC(Cn2cnc(C(F)(F)F)c(Oc3cc(Cl)cc(C#N)c3)c2=O)C1C. The van der Waals surface area contributed by atoms with Crippen molar-refractivity contribution < 1.29 is 31.5 Å². The van der Waals surface area contributed by atoms with E-state index in [2.05, 4.69) is 10.3 Å². The van der Waals surface area contributed by atoms with Gasteiger partial charge in [-0.25, -0.2) is 13.8 Å². The molecule has 0 saturated heterocycles. The predicted molar refractivity (Wildman–Crippen MR) is 114 cm³/mol. The molecule has 3 rings (SSSR count). The monoisotopic (exact) mass is 516 g/mol. The van der Waals surface area contributed by atoms with Crippen LogP contribution in [-0.4, -0.2) is 27.9 Å². The fraction of sp³-hybridized carbons (Fsp3) is 0.364. The topological polar surface area (TPSA) is 97.0 Å². The Bertz CT molecular complexity index is 1270. The van der Waals surface area contributed by atoms with Crippen LogP contribution in [0.2, 0.25) is 5.02 Å². The number of allylic oxidation sites excluding steroid dienone is 1. The lowest BCUT2D eigenvalue weighted by Gasteiger charge is -2.25. The summed E-state index contributed by atoms with van der Waals surface area (Å²) in [6, 6.07) is 4.65. The molecule has 1 aromatic heterocycles. The summed E-state index contributed by atoms with van der Waals surface area (Å²) in [5, 5.41) is 11.5. The van der Waals surface area contributed by atoms with Gasteiger partial charge in [-0.3, -0.25) is 14.2 Å². The van der Waals surface area contributed by atoms with Crippen molar-refractivity contribution in [1.29, 1.82) is 5.26 Å². The van der Waals surface area contributed by atoms with Crippen LogP contribution in [0.15, 0.2) is 41.0 Å². The first-order chi connectivity index (χ1) is 16.3. The van der Waals surface area contributed by atoms with E-state index in [0.29, 0.717) is 6.33 Å². The van der Waals surface area contributed by atoms with Gasteiger partial charge in [0.2, 0.25) is 5.75 Å². The van der Waals surface area contributed by atoms with E-state index in [4.69, 9.17) is 21.6 Å². The van der Waals surface area contributed by atoms with Crippen LogP contribution in [0.5, 0.6) is 11.5 Å². The zero-order valence-electron chi connectivity index (χ0n) is 18.2. The van der Waals surface area contributed by atoms with Crippen LogP contribution in [0.3, 0.4) is 0 Å². The molecule has 0 bridgehead atoms. The van der Waals surface area contributed by atoms with Gasteiger partial charge in [0.05, 0.1) is 23.5 Å². The predicted octanol–water partition coefficient (Wildman–Crippen LogP) is 4.54. The van der Waals surface area contributed by atoms with Crippen molar-refractivity contribution in [2.24, 2.45) is 11.8 Å². The van der Waals surface area contributed by atoms with E-state index >= 15 is 0 Å². The molecule has 0 radical (unpaired) electrons. The molecule has 1 N–H and O–H groups in total. The van der Waals surface area contributed by atoms with Crippen molar-refractivity contribution in [3.05, 3.63) is 62.8 Å². The molecule has 1 aliphatic rings. The number of rotatable bonds is 5. The second-order valence-corrected chi connectivity index (χ2v) is 8.41. The van der Waals surface area contributed by atoms with Crippen molar-refractivity contribution in [1.82, 2.24) is 14.9 Å². The van der Waals surface area contributed by atoms with Crippen LogP contribution in [0.1, 0.15) is 25.1 Å². The van der Waals surface area contributed by atoms with E-state index in [9.17, 15) is 31.5 Å². The molecule has 3 atom stereocenters. The maximum atomic E-state index is 13.6. The normalized spacial score (nSPS) is 20.6. The summed E-state index contributed by atoms with van der Waals surface area (Å²) in [6.45, 7) is 2.89. The number of nitrogens with zero attached hydrogens (tertiary/aromatic N) is 3. The molecule has 7 nitrogen and oxygen atoms in total. The van der Waals surface area contributed by atoms with Gasteiger partial charge in [-0.15, -0.1) is 0 Å². The van der Waals surface area contributed by atoms with Gasteiger partial charge in [0.25, 0.3) is 17.9 Å². The molecule has 1 aromatic carbocycles. The van der Waals surface area contributed by atoms with Crippen LogP contribution in [0, 0.1) is 23.2 Å². The third kappa shape index (κ3) is 5.79. The molecule has 1 amide bonds. The molecule has 0 saturated carbocycles. The number of benzene rings is 1. The molecule has 2 heterocycles. The number of aromatic nitrogens is 2. The van der Waals surface area contributed by atoms with Gasteiger partial charge >= 0.3 is 6.18 Å². The average Bonchev–Trinajstić information content (AvgIpc) is 2.86. The molecule has 13 heteroatoms. The van der Waals surface area contributed by atoms with E-state index in [1.165, 1.54) is 6.07 Å². The number of alkyl halides is 5. The number of carbonyl (C=O) groups is 1. The summed E-state index contributed by atoms with van der Waals surface area (Å²) in [5.74, 6) is -3.72. The molecular weight excluding hydrogens is 499 g/mol.